The number of rotatable bonds is 5. The summed E-state index contributed by atoms with van der Waals surface area (Å²) in [6.45, 7) is 8.24. The molecule has 0 aromatic heterocycles. The molecule has 3 aliphatic heterocycles. The second-order valence-corrected chi connectivity index (χ2v) is 7.20. The van der Waals surface area contributed by atoms with Crippen LogP contribution in [0.3, 0.4) is 0 Å². The van der Waals surface area contributed by atoms with Crippen molar-refractivity contribution in [1.82, 2.24) is 14.7 Å². The fourth-order valence-corrected chi connectivity index (χ4v) is 3.87. The van der Waals surface area contributed by atoms with Crippen LogP contribution in [0.1, 0.15) is 33.1 Å². The number of alkyl halides is 3. The average molecular weight is 374 g/mol. The van der Waals surface area contributed by atoms with Crippen LogP contribution in [0.25, 0.3) is 0 Å². The van der Waals surface area contributed by atoms with Crippen molar-refractivity contribution in [2.75, 3.05) is 45.9 Å². The van der Waals surface area contributed by atoms with Crippen molar-refractivity contribution in [3.63, 3.8) is 0 Å². The van der Waals surface area contributed by atoms with Crippen LogP contribution in [0.2, 0.25) is 0 Å². The molecule has 2 fully saturated rings. The summed E-state index contributed by atoms with van der Waals surface area (Å²) in [4.78, 5) is 10.3. The Morgan fingerprint density at radius 2 is 1.85 bits per heavy atom. The van der Waals surface area contributed by atoms with Gasteiger partial charge in [0.2, 0.25) is 5.96 Å². The second kappa shape index (κ2) is 8.06. The van der Waals surface area contributed by atoms with Crippen LogP contribution in [0.4, 0.5) is 13.2 Å². The Kier molecular flexibility index (Phi) is 5.99. The summed E-state index contributed by atoms with van der Waals surface area (Å²) in [5, 5.41) is 0. The van der Waals surface area contributed by atoms with Gasteiger partial charge in [0.15, 0.2) is 0 Å². The molecule has 5 nitrogen and oxygen atoms in total. The van der Waals surface area contributed by atoms with Gasteiger partial charge in [-0.15, -0.1) is 0 Å². The molecule has 0 aliphatic carbocycles. The van der Waals surface area contributed by atoms with E-state index in [1.807, 2.05) is 24.8 Å². The summed E-state index contributed by atoms with van der Waals surface area (Å²) in [7, 11) is 0. The number of nitrogens with zero attached hydrogens (tertiary/aromatic N) is 4. The van der Waals surface area contributed by atoms with Gasteiger partial charge in [0.1, 0.15) is 11.9 Å². The highest BCUT2D eigenvalue weighted by atomic mass is 19.4. The van der Waals surface area contributed by atoms with Crippen molar-refractivity contribution in [2.45, 2.75) is 45.3 Å². The van der Waals surface area contributed by atoms with Crippen LogP contribution in [0, 0.1) is 5.92 Å². The highest BCUT2D eigenvalue weighted by molar-refractivity contribution is 5.83. The number of hydrogen-bond acceptors (Lipinski definition) is 5. The summed E-state index contributed by atoms with van der Waals surface area (Å²) in [5.41, 5.74) is 0. The van der Waals surface area contributed by atoms with Gasteiger partial charge in [-0.25, -0.2) is 0 Å². The van der Waals surface area contributed by atoms with E-state index < -0.39 is 12.2 Å². The molecule has 0 radical (unpaired) electrons. The van der Waals surface area contributed by atoms with E-state index in [1.165, 1.54) is 4.90 Å². The number of morpholine rings is 1. The van der Waals surface area contributed by atoms with Gasteiger partial charge >= 0.3 is 6.18 Å². The SMILES string of the molecule is CCC(CC)CN1C2=NC(N3CCOCC3)=CCN2CC[C@H]1C(F)(F)F. The fraction of sp³-hybridized carbons (Fsp3) is 0.833. The molecule has 1 atom stereocenters. The lowest BCUT2D eigenvalue weighted by Gasteiger charge is -2.47. The molecule has 0 aromatic rings. The highest BCUT2D eigenvalue weighted by Gasteiger charge is 2.48. The van der Waals surface area contributed by atoms with Crippen LogP contribution >= 0.6 is 0 Å². The van der Waals surface area contributed by atoms with Crippen LogP contribution in [-0.4, -0.2) is 78.8 Å². The maximum atomic E-state index is 13.7. The van der Waals surface area contributed by atoms with Crippen LogP contribution < -0.4 is 0 Å². The minimum Gasteiger partial charge on any atom is -0.378 e. The molecular weight excluding hydrogens is 345 g/mol. The number of ether oxygens (including phenoxy) is 1. The zero-order chi connectivity index (χ0) is 18.7. The summed E-state index contributed by atoms with van der Waals surface area (Å²) in [6, 6.07) is -1.44. The van der Waals surface area contributed by atoms with Crippen LogP contribution in [0.5, 0.6) is 0 Å². The first-order valence-corrected chi connectivity index (χ1v) is 9.63. The summed E-state index contributed by atoms with van der Waals surface area (Å²) in [6.07, 6.45) is -0.365. The molecule has 0 unspecified atom stereocenters. The van der Waals surface area contributed by atoms with Crippen LogP contribution in [0.15, 0.2) is 16.9 Å². The van der Waals surface area contributed by atoms with Crippen LogP contribution in [-0.2, 0) is 4.74 Å². The van der Waals surface area contributed by atoms with E-state index in [1.54, 1.807) is 0 Å². The van der Waals surface area contributed by atoms with Gasteiger partial charge < -0.3 is 19.4 Å². The zero-order valence-electron chi connectivity index (χ0n) is 15.6. The molecular formula is C18H29F3N4O. The van der Waals surface area contributed by atoms with Gasteiger partial charge in [-0.05, 0) is 18.4 Å². The van der Waals surface area contributed by atoms with Crippen molar-refractivity contribution in [1.29, 1.82) is 0 Å². The second-order valence-electron chi connectivity index (χ2n) is 7.20. The van der Waals surface area contributed by atoms with Crippen molar-refractivity contribution in [2.24, 2.45) is 10.9 Å². The molecule has 26 heavy (non-hydrogen) atoms. The molecule has 0 saturated carbocycles. The predicted octanol–water partition coefficient (Wildman–Crippen LogP) is 2.90. The van der Waals surface area contributed by atoms with E-state index in [0.717, 1.165) is 31.8 Å². The molecule has 0 bridgehead atoms. The zero-order valence-corrected chi connectivity index (χ0v) is 15.6. The third kappa shape index (κ3) is 4.10. The van der Waals surface area contributed by atoms with E-state index in [-0.39, 0.29) is 12.3 Å². The van der Waals surface area contributed by atoms with E-state index in [2.05, 4.69) is 4.90 Å². The molecule has 8 heteroatoms. The lowest BCUT2D eigenvalue weighted by Crippen LogP contribution is -2.61. The Balaban J connectivity index is 1.87. The normalized spacial score (nSPS) is 24.5. The van der Waals surface area contributed by atoms with Crippen molar-refractivity contribution in [3.05, 3.63) is 11.9 Å². The standard InChI is InChI=1S/C18H29F3N4O/c1-3-14(4-2)13-25-15(18(19,20)21)5-7-24-8-6-16(22-17(24)25)23-9-11-26-12-10-23/h6,14-15H,3-5,7-13H2,1-2H3/t15-/m0/s1. The van der Waals surface area contributed by atoms with Crippen molar-refractivity contribution >= 4 is 5.96 Å². The summed E-state index contributed by atoms with van der Waals surface area (Å²) < 4.78 is 46.5. The molecule has 148 valence electrons. The molecule has 3 aliphatic rings. The quantitative estimate of drug-likeness (QED) is 0.741. The topological polar surface area (TPSA) is 31.3 Å². The Hall–Kier alpha value is -1.44. The molecule has 2 saturated heterocycles. The Morgan fingerprint density at radius 1 is 1.15 bits per heavy atom. The predicted molar refractivity (Wildman–Crippen MR) is 94.7 cm³/mol. The fourth-order valence-electron chi connectivity index (χ4n) is 3.87. The number of guanidine groups is 1. The Morgan fingerprint density at radius 3 is 2.46 bits per heavy atom. The lowest BCUT2D eigenvalue weighted by atomic mass is 9.99. The number of halogens is 3. The average Bonchev–Trinajstić information content (AvgIpc) is 2.65. The van der Waals surface area contributed by atoms with E-state index in [4.69, 9.17) is 9.73 Å². The van der Waals surface area contributed by atoms with Crippen molar-refractivity contribution in [3.8, 4) is 0 Å². The highest BCUT2D eigenvalue weighted by Crippen LogP contribution is 2.34. The first-order valence-electron chi connectivity index (χ1n) is 9.63. The molecule has 3 rings (SSSR count). The summed E-state index contributed by atoms with van der Waals surface area (Å²) in [5.74, 6) is 1.52. The Bertz CT molecular complexity index is 539. The third-order valence-corrected chi connectivity index (χ3v) is 5.62. The minimum atomic E-state index is -4.24. The third-order valence-electron chi connectivity index (χ3n) is 5.62. The Labute approximate surface area is 153 Å². The molecule has 0 N–H and O–H groups in total. The molecule has 0 amide bonds. The number of fused-ring (bicyclic) bond motifs is 1. The molecule has 0 spiro atoms. The number of aliphatic imine (C=N–C) groups is 1. The summed E-state index contributed by atoms with van der Waals surface area (Å²) >= 11 is 0. The maximum Gasteiger partial charge on any atom is 0.408 e. The van der Waals surface area contributed by atoms with E-state index in [0.29, 0.717) is 38.8 Å². The van der Waals surface area contributed by atoms with E-state index >= 15 is 0 Å². The first-order chi connectivity index (χ1) is 12.4. The smallest absolute Gasteiger partial charge is 0.378 e. The van der Waals surface area contributed by atoms with Gasteiger partial charge in [0.25, 0.3) is 0 Å². The van der Waals surface area contributed by atoms with E-state index in [9.17, 15) is 13.2 Å². The lowest BCUT2D eigenvalue weighted by molar-refractivity contribution is -0.182. The monoisotopic (exact) mass is 374 g/mol. The number of hydrogen-bond donors (Lipinski definition) is 0. The largest absolute Gasteiger partial charge is 0.408 e. The van der Waals surface area contributed by atoms with Gasteiger partial charge in [-0.2, -0.15) is 18.2 Å². The van der Waals surface area contributed by atoms with Gasteiger partial charge in [-0.1, -0.05) is 26.7 Å². The van der Waals surface area contributed by atoms with Gasteiger partial charge in [-0.3, -0.25) is 0 Å². The van der Waals surface area contributed by atoms with Gasteiger partial charge in [0, 0.05) is 32.7 Å². The molecule has 0 aromatic carbocycles. The maximum absolute atomic E-state index is 13.7. The van der Waals surface area contributed by atoms with Gasteiger partial charge in [0.05, 0.1) is 13.2 Å². The first kappa shape index (κ1) is 19.3. The van der Waals surface area contributed by atoms with Crippen molar-refractivity contribution < 1.29 is 17.9 Å². The minimum absolute atomic E-state index is 0.101. The molecule has 3 heterocycles.